The van der Waals surface area contributed by atoms with Gasteiger partial charge in [-0.2, -0.15) is 0 Å². The zero-order valence-corrected chi connectivity index (χ0v) is 10.8. The molecule has 0 spiro atoms. The van der Waals surface area contributed by atoms with Gasteiger partial charge in [0.05, 0.1) is 0 Å². The van der Waals surface area contributed by atoms with E-state index in [1.165, 1.54) is 9.99 Å². The highest BCUT2D eigenvalue weighted by Crippen LogP contribution is 2.13. The second-order valence-electron chi connectivity index (χ2n) is 2.90. The molecule has 0 saturated heterocycles. The first-order chi connectivity index (χ1) is 5.77. The van der Waals surface area contributed by atoms with E-state index < -0.39 is 0 Å². The summed E-state index contributed by atoms with van der Waals surface area (Å²) in [6.07, 6.45) is 1.98. The minimum Gasteiger partial charge on any atom is -0.208 e. The Labute approximate surface area is 91.5 Å². The Morgan fingerprint density at radius 1 is 1.42 bits per heavy atom. The number of allylic oxidation sites excluding steroid dienone is 1. The lowest BCUT2D eigenvalue weighted by Gasteiger charge is -2.05. The SMILES string of the molecule is C=CC(C)c1cc[c]([AlH][I])cc1. The van der Waals surface area contributed by atoms with Gasteiger partial charge in [-0.15, -0.1) is 11.0 Å². The monoisotopic (exact) mass is 286 g/mol. The van der Waals surface area contributed by atoms with Crippen molar-refractivity contribution in [2.24, 2.45) is 0 Å². The predicted molar refractivity (Wildman–Crippen MR) is 65.9 cm³/mol. The van der Waals surface area contributed by atoms with Gasteiger partial charge in [-0.1, -0.05) is 37.3 Å². The van der Waals surface area contributed by atoms with Crippen LogP contribution in [0, 0.1) is 0 Å². The summed E-state index contributed by atoms with van der Waals surface area (Å²) in [6, 6.07) is 8.92. The molecule has 1 rings (SSSR count). The van der Waals surface area contributed by atoms with Crippen molar-refractivity contribution < 1.29 is 0 Å². The Kier molecular flexibility index (Phi) is 4.35. The van der Waals surface area contributed by atoms with Crippen LogP contribution in [0.2, 0.25) is 0 Å². The molecule has 62 valence electrons. The molecule has 0 radical (unpaired) electrons. The Morgan fingerprint density at radius 3 is 2.42 bits per heavy atom. The Bertz CT molecular complexity index is 253. The number of rotatable bonds is 3. The number of hydrogen-bond donors (Lipinski definition) is 0. The fourth-order valence-corrected chi connectivity index (χ4v) is 2.99. The van der Waals surface area contributed by atoms with Gasteiger partial charge in [0.15, 0.2) is 0 Å². The van der Waals surface area contributed by atoms with E-state index in [1.807, 2.05) is 6.08 Å². The second-order valence-corrected chi connectivity index (χ2v) is 6.27. The molecule has 1 unspecified atom stereocenters. The summed E-state index contributed by atoms with van der Waals surface area (Å²) in [5.74, 6) is 0.481. The van der Waals surface area contributed by atoms with Gasteiger partial charge in [-0.25, -0.2) is 20.3 Å². The molecular formula is C10H12AlI. The normalized spacial score (nSPS) is 12.2. The third-order valence-electron chi connectivity index (χ3n) is 2.01. The van der Waals surface area contributed by atoms with Crippen LogP contribution < -0.4 is 4.43 Å². The van der Waals surface area contributed by atoms with Gasteiger partial charge in [-0.05, 0) is 11.5 Å². The minimum absolute atomic E-state index is 0.0114. The fourth-order valence-electron chi connectivity index (χ4n) is 1.05. The third kappa shape index (κ3) is 2.62. The van der Waals surface area contributed by atoms with Crippen LogP contribution in [0.5, 0.6) is 0 Å². The number of halogens is 1. The van der Waals surface area contributed by atoms with Crippen LogP contribution in [0.25, 0.3) is 0 Å². The van der Waals surface area contributed by atoms with Crippen LogP contribution >= 0.6 is 20.3 Å². The van der Waals surface area contributed by atoms with E-state index in [2.05, 4.69) is 58.0 Å². The van der Waals surface area contributed by atoms with E-state index in [9.17, 15) is 0 Å². The van der Waals surface area contributed by atoms with Crippen LogP contribution in [0.4, 0.5) is 0 Å². The molecule has 0 fully saturated rings. The molecule has 0 aliphatic carbocycles. The van der Waals surface area contributed by atoms with E-state index >= 15 is 0 Å². The molecule has 0 saturated carbocycles. The van der Waals surface area contributed by atoms with Crippen LogP contribution in [0.3, 0.4) is 0 Å². The van der Waals surface area contributed by atoms with E-state index in [0.717, 1.165) is 0 Å². The van der Waals surface area contributed by atoms with Crippen molar-refractivity contribution >= 4 is 36.6 Å². The molecule has 0 N–H and O–H groups in total. The first-order valence-corrected chi connectivity index (χ1v) is 9.87. The maximum atomic E-state index is 3.79. The molecule has 1 aromatic carbocycles. The maximum absolute atomic E-state index is 3.79. The van der Waals surface area contributed by atoms with Crippen molar-refractivity contribution in [3.8, 4) is 0 Å². The van der Waals surface area contributed by atoms with Gasteiger partial charge in [0, 0.05) is 0 Å². The third-order valence-corrected chi connectivity index (χ3v) is 5.44. The average molecular weight is 286 g/mol. The first kappa shape index (κ1) is 10.3. The summed E-state index contributed by atoms with van der Waals surface area (Å²) in [7, 11) is 0. The summed E-state index contributed by atoms with van der Waals surface area (Å²) < 4.78 is 1.52. The summed E-state index contributed by atoms with van der Waals surface area (Å²) >= 11 is 2.50. The summed E-state index contributed by atoms with van der Waals surface area (Å²) in [4.78, 5) is 0. The topological polar surface area (TPSA) is 0 Å². The fraction of sp³-hybridized carbons (Fsp3) is 0.200. The summed E-state index contributed by atoms with van der Waals surface area (Å²) in [6.45, 7) is 5.96. The van der Waals surface area contributed by atoms with Crippen molar-refractivity contribution in [2.45, 2.75) is 12.8 Å². The summed E-state index contributed by atoms with van der Waals surface area (Å²) in [5, 5.41) is 0. The second kappa shape index (κ2) is 5.06. The van der Waals surface area contributed by atoms with Crippen molar-refractivity contribution in [1.29, 1.82) is 0 Å². The van der Waals surface area contributed by atoms with E-state index in [0.29, 0.717) is 5.92 Å². The lowest BCUT2D eigenvalue weighted by atomic mass is 10.0. The van der Waals surface area contributed by atoms with Gasteiger partial charge >= 0.3 is 11.9 Å². The largest absolute Gasteiger partial charge is 0.375 e. The van der Waals surface area contributed by atoms with Crippen LogP contribution in [0.1, 0.15) is 18.4 Å². The van der Waals surface area contributed by atoms with Crippen molar-refractivity contribution in [3.05, 3.63) is 42.5 Å². The number of benzene rings is 1. The van der Waals surface area contributed by atoms with Gasteiger partial charge in [0.1, 0.15) is 0 Å². The molecule has 0 heterocycles. The molecule has 0 aliphatic rings. The quantitative estimate of drug-likeness (QED) is 0.455. The molecule has 0 aliphatic heterocycles. The van der Waals surface area contributed by atoms with Gasteiger partial charge in [0.2, 0.25) is 0 Å². The molecule has 0 amide bonds. The van der Waals surface area contributed by atoms with Crippen molar-refractivity contribution in [1.82, 2.24) is 0 Å². The molecule has 1 aromatic rings. The minimum atomic E-state index is -0.0114. The van der Waals surface area contributed by atoms with Crippen molar-refractivity contribution in [3.63, 3.8) is 0 Å². The van der Waals surface area contributed by atoms with Crippen LogP contribution in [-0.4, -0.2) is 11.9 Å². The Morgan fingerprint density at radius 2 is 2.00 bits per heavy atom. The zero-order chi connectivity index (χ0) is 8.97. The average Bonchev–Trinajstić information content (AvgIpc) is 2.17. The van der Waals surface area contributed by atoms with Gasteiger partial charge in [0.25, 0.3) is 0 Å². The smallest absolute Gasteiger partial charge is 0.208 e. The predicted octanol–water partition coefficient (Wildman–Crippen LogP) is 2.39. The molecule has 0 nitrogen and oxygen atoms in total. The summed E-state index contributed by atoms with van der Waals surface area (Å²) in [5.41, 5.74) is 1.37. The van der Waals surface area contributed by atoms with Gasteiger partial charge < -0.3 is 0 Å². The maximum Gasteiger partial charge on any atom is 0.375 e. The standard InChI is InChI=1S/C10H11.Al.HI.H/c1-3-9(2)10-7-5-4-6-8-10;;;/h3,5-9H,1H2,2H3;;1H;/q;+1;;/p-1. The van der Waals surface area contributed by atoms with Crippen LogP contribution in [0.15, 0.2) is 36.9 Å². The molecule has 2 heteroatoms. The number of hydrogen-bond acceptors (Lipinski definition) is 0. The lowest BCUT2D eigenvalue weighted by molar-refractivity contribution is 0.972. The zero-order valence-electron chi connectivity index (χ0n) is 7.26. The van der Waals surface area contributed by atoms with E-state index in [4.69, 9.17) is 0 Å². The Hall–Kier alpha value is 0.222. The molecule has 12 heavy (non-hydrogen) atoms. The van der Waals surface area contributed by atoms with E-state index in [1.54, 1.807) is 0 Å². The molecular weight excluding hydrogens is 274 g/mol. The molecule has 0 aromatic heterocycles. The first-order valence-electron chi connectivity index (χ1n) is 4.05. The highest BCUT2D eigenvalue weighted by molar-refractivity contribution is 14.1. The Balaban J connectivity index is 2.84. The molecule has 1 atom stereocenters. The highest BCUT2D eigenvalue weighted by Gasteiger charge is 1.99. The van der Waals surface area contributed by atoms with Crippen LogP contribution in [-0.2, 0) is 0 Å². The van der Waals surface area contributed by atoms with Crippen molar-refractivity contribution in [2.75, 3.05) is 0 Å². The van der Waals surface area contributed by atoms with Gasteiger partial charge in [-0.3, -0.25) is 0 Å². The highest BCUT2D eigenvalue weighted by atomic mass is 127. The lowest BCUT2D eigenvalue weighted by Crippen LogP contribution is -2.07. The molecule has 0 bridgehead atoms. The van der Waals surface area contributed by atoms with E-state index in [-0.39, 0.29) is 11.9 Å².